The van der Waals surface area contributed by atoms with E-state index in [-0.39, 0.29) is 16.1 Å². The SMILES string of the molecule is Cc1ccc2c(c1)sc(=NC(=O)c1cccc(NS(=O)(=O)c3ccc(Cl)cc3)c1)n2C. The zero-order valence-electron chi connectivity index (χ0n) is 16.7. The van der Waals surface area contributed by atoms with Crippen molar-refractivity contribution in [3.63, 3.8) is 0 Å². The van der Waals surface area contributed by atoms with Crippen LogP contribution in [0, 0.1) is 6.92 Å². The van der Waals surface area contributed by atoms with E-state index in [0.29, 0.717) is 9.82 Å². The maximum absolute atomic E-state index is 12.8. The molecule has 3 aromatic carbocycles. The van der Waals surface area contributed by atoms with Crippen molar-refractivity contribution in [1.29, 1.82) is 0 Å². The van der Waals surface area contributed by atoms with Gasteiger partial charge in [0.05, 0.1) is 15.1 Å². The Bertz CT molecular complexity index is 1470. The number of carbonyl (C=O) groups is 1. The fraction of sp³-hybridized carbons (Fsp3) is 0.0909. The van der Waals surface area contributed by atoms with Crippen LogP contribution in [0.2, 0.25) is 5.02 Å². The molecule has 4 rings (SSSR count). The fourth-order valence-corrected chi connectivity index (χ4v) is 5.33. The number of nitrogens with one attached hydrogen (secondary N) is 1. The summed E-state index contributed by atoms with van der Waals surface area (Å²) in [5.74, 6) is -0.452. The highest BCUT2D eigenvalue weighted by Crippen LogP contribution is 2.20. The standard InChI is InChI=1S/C22H18ClN3O3S2/c1-14-6-11-19-20(12-14)30-22(26(19)2)24-21(27)15-4-3-5-17(13-15)25-31(28,29)18-9-7-16(23)8-10-18/h3-13,25H,1-2H3. The highest BCUT2D eigenvalue weighted by atomic mass is 35.5. The number of benzene rings is 3. The summed E-state index contributed by atoms with van der Waals surface area (Å²) in [6.45, 7) is 2.01. The van der Waals surface area contributed by atoms with Crippen molar-refractivity contribution in [1.82, 2.24) is 4.57 Å². The molecule has 0 bridgehead atoms. The summed E-state index contributed by atoms with van der Waals surface area (Å²) in [5.41, 5.74) is 2.68. The van der Waals surface area contributed by atoms with Gasteiger partial charge in [0.2, 0.25) is 0 Å². The van der Waals surface area contributed by atoms with Crippen LogP contribution in [0.3, 0.4) is 0 Å². The van der Waals surface area contributed by atoms with Crippen LogP contribution in [0.25, 0.3) is 10.2 Å². The lowest BCUT2D eigenvalue weighted by Gasteiger charge is -2.09. The van der Waals surface area contributed by atoms with Crippen LogP contribution < -0.4 is 9.52 Å². The van der Waals surface area contributed by atoms with Gasteiger partial charge in [-0.1, -0.05) is 35.1 Å². The average molecular weight is 472 g/mol. The van der Waals surface area contributed by atoms with E-state index in [9.17, 15) is 13.2 Å². The van der Waals surface area contributed by atoms with E-state index in [1.165, 1.54) is 41.7 Å². The summed E-state index contributed by atoms with van der Waals surface area (Å²) in [6, 6.07) is 18.1. The molecule has 0 saturated heterocycles. The first kappa shape index (κ1) is 21.3. The van der Waals surface area contributed by atoms with Crippen molar-refractivity contribution in [2.45, 2.75) is 11.8 Å². The Morgan fingerprint density at radius 1 is 1.06 bits per heavy atom. The van der Waals surface area contributed by atoms with Crippen molar-refractivity contribution >= 4 is 54.8 Å². The molecule has 4 aromatic rings. The second kappa shape index (κ2) is 8.30. The molecule has 1 heterocycles. The number of aromatic nitrogens is 1. The summed E-state index contributed by atoms with van der Waals surface area (Å²) in [7, 11) is -1.95. The molecule has 31 heavy (non-hydrogen) atoms. The van der Waals surface area contributed by atoms with Crippen molar-refractivity contribution in [3.8, 4) is 0 Å². The average Bonchev–Trinajstić information content (AvgIpc) is 3.02. The summed E-state index contributed by atoms with van der Waals surface area (Å²) >= 11 is 7.25. The lowest BCUT2D eigenvalue weighted by atomic mass is 10.2. The molecule has 9 heteroatoms. The molecule has 0 unspecified atom stereocenters. The molecular weight excluding hydrogens is 454 g/mol. The van der Waals surface area contributed by atoms with Crippen LogP contribution in [-0.2, 0) is 17.1 Å². The van der Waals surface area contributed by atoms with E-state index in [1.807, 2.05) is 30.7 Å². The molecule has 0 fully saturated rings. The van der Waals surface area contributed by atoms with Crippen LogP contribution in [0.15, 0.2) is 76.6 Å². The van der Waals surface area contributed by atoms with E-state index in [0.717, 1.165) is 15.8 Å². The molecule has 1 amide bonds. The number of thiazole rings is 1. The maximum atomic E-state index is 12.8. The Morgan fingerprint density at radius 2 is 1.81 bits per heavy atom. The van der Waals surface area contributed by atoms with Gasteiger partial charge in [-0.15, -0.1) is 0 Å². The number of fused-ring (bicyclic) bond motifs is 1. The Morgan fingerprint density at radius 3 is 2.55 bits per heavy atom. The van der Waals surface area contributed by atoms with Gasteiger partial charge in [-0.05, 0) is 67.1 Å². The van der Waals surface area contributed by atoms with E-state index in [1.54, 1.807) is 18.2 Å². The number of hydrogen-bond donors (Lipinski definition) is 1. The first-order valence-corrected chi connectivity index (χ1v) is 11.9. The quantitative estimate of drug-likeness (QED) is 0.466. The number of anilines is 1. The van der Waals surface area contributed by atoms with E-state index >= 15 is 0 Å². The fourth-order valence-electron chi connectivity index (χ4n) is 3.04. The van der Waals surface area contributed by atoms with Gasteiger partial charge >= 0.3 is 0 Å². The number of carbonyl (C=O) groups excluding carboxylic acids is 1. The highest BCUT2D eigenvalue weighted by Gasteiger charge is 2.15. The topological polar surface area (TPSA) is 80.5 Å². The first-order valence-electron chi connectivity index (χ1n) is 9.27. The largest absolute Gasteiger partial charge is 0.319 e. The molecule has 0 saturated carbocycles. The van der Waals surface area contributed by atoms with Gasteiger partial charge in [0.15, 0.2) is 4.80 Å². The van der Waals surface area contributed by atoms with E-state index in [2.05, 4.69) is 15.8 Å². The Kier molecular flexibility index (Phi) is 5.70. The van der Waals surface area contributed by atoms with E-state index < -0.39 is 15.9 Å². The number of amides is 1. The highest BCUT2D eigenvalue weighted by molar-refractivity contribution is 7.92. The van der Waals surface area contributed by atoms with Gasteiger partial charge < -0.3 is 4.57 Å². The predicted molar refractivity (Wildman–Crippen MR) is 124 cm³/mol. The summed E-state index contributed by atoms with van der Waals surface area (Å²) < 4.78 is 30.6. The third-order valence-electron chi connectivity index (χ3n) is 4.65. The number of nitrogens with zero attached hydrogens (tertiary/aromatic N) is 2. The molecule has 1 N–H and O–H groups in total. The van der Waals surface area contributed by atoms with Crippen molar-refractivity contribution in [2.24, 2.45) is 12.0 Å². The molecule has 0 spiro atoms. The van der Waals surface area contributed by atoms with E-state index in [4.69, 9.17) is 11.6 Å². The van der Waals surface area contributed by atoms with Crippen LogP contribution in [0.1, 0.15) is 15.9 Å². The summed E-state index contributed by atoms with van der Waals surface area (Å²) in [4.78, 5) is 17.7. The Hall–Kier alpha value is -2.94. The van der Waals surface area contributed by atoms with Gasteiger partial charge in [-0.2, -0.15) is 4.99 Å². The number of sulfonamides is 1. The number of halogens is 1. The van der Waals surface area contributed by atoms with Gasteiger partial charge in [-0.25, -0.2) is 8.42 Å². The Labute approximate surface area is 188 Å². The number of hydrogen-bond acceptors (Lipinski definition) is 4. The normalized spacial score (nSPS) is 12.3. The minimum atomic E-state index is -3.81. The van der Waals surface area contributed by atoms with Crippen LogP contribution in [0.4, 0.5) is 5.69 Å². The molecular formula is C22H18ClN3O3S2. The molecule has 0 aliphatic rings. The monoisotopic (exact) mass is 471 g/mol. The lowest BCUT2D eigenvalue weighted by molar-refractivity contribution is 0.0998. The molecule has 6 nitrogen and oxygen atoms in total. The molecule has 0 atom stereocenters. The summed E-state index contributed by atoms with van der Waals surface area (Å²) in [5, 5.41) is 0.442. The smallest absolute Gasteiger partial charge is 0.279 e. The minimum Gasteiger partial charge on any atom is -0.319 e. The molecule has 158 valence electrons. The zero-order chi connectivity index (χ0) is 22.2. The minimum absolute atomic E-state index is 0.0749. The van der Waals surface area contributed by atoms with Crippen LogP contribution in [0.5, 0.6) is 0 Å². The lowest BCUT2D eigenvalue weighted by Crippen LogP contribution is -2.14. The molecule has 0 radical (unpaired) electrons. The number of rotatable bonds is 4. The third kappa shape index (κ3) is 4.56. The third-order valence-corrected chi connectivity index (χ3v) is 7.39. The molecule has 1 aromatic heterocycles. The molecule has 0 aliphatic carbocycles. The number of aryl methyl sites for hydroxylation is 2. The van der Waals surface area contributed by atoms with Gasteiger partial charge in [-0.3, -0.25) is 9.52 Å². The van der Waals surface area contributed by atoms with Crippen LogP contribution in [-0.4, -0.2) is 18.9 Å². The molecule has 0 aliphatic heterocycles. The zero-order valence-corrected chi connectivity index (χ0v) is 19.1. The van der Waals surface area contributed by atoms with Crippen LogP contribution >= 0.6 is 22.9 Å². The van der Waals surface area contributed by atoms with Crippen molar-refractivity contribution in [3.05, 3.63) is 87.7 Å². The van der Waals surface area contributed by atoms with Crippen molar-refractivity contribution in [2.75, 3.05) is 4.72 Å². The Balaban J connectivity index is 1.64. The van der Waals surface area contributed by atoms with Gasteiger partial charge in [0.25, 0.3) is 15.9 Å². The van der Waals surface area contributed by atoms with Gasteiger partial charge in [0, 0.05) is 23.3 Å². The second-order valence-electron chi connectivity index (χ2n) is 6.97. The first-order chi connectivity index (χ1) is 14.7. The van der Waals surface area contributed by atoms with Gasteiger partial charge in [0.1, 0.15) is 0 Å². The summed E-state index contributed by atoms with van der Waals surface area (Å²) in [6.07, 6.45) is 0. The second-order valence-corrected chi connectivity index (χ2v) is 10.1. The maximum Gasteiger partial charge on any atom is 0.279 e. The van der Waals surface area contributed by atoms with Crippen molar-refractivity contribution < 1.29 is 13.2 Å². The predicted octanol–water partition coefficient (Wildman–Crippen LogP) is 4.74.